The van der Waals surface area contributed by atoms with E-state index in [0.29, 0.717) is 11.6 Å². The van der Waals surface area contributed by atoms with Crippen molar-refractivity contribution >= 4 is 27.6 Å². The molecule has 1 aromatic heterocycles. The van der Waals surface area contributed by atoms with Crippen LogP contribution in [0.25, 0.3) is 0 Å². The van der Waals surface area contributed by atoms with E-state index in [4.69, 9.17) is 11.6 Å². The van der Waals surface area contributed by atoms with Crippen LogP contribution in [0.3, 0.4) is 0 Å². The number of hydrogen-bond donors (Lipinski definition) is 1. The number of nitrogens with one attached hydrogen (secondary N) is 1. The quantitative estimate of drug-likeness (QED) is 0.857. The number of anilines is 1. The first kappa shape index (κ1) is 18.0. The van der Waals surface area contributed by atoms with Crippen LogP contribution in [-0.2, 0) is 16.6 Å². The Kier molecular flexibility index (Phi) is 5.51. The summed E-state index contributed by atoms with van der Waals surface area (Å²) in [6.45, 7) is 1.83. The molecule has 0 spiro atoms. The van der Waals surface area contributed by atoms with Crippen molar-refractivity contribution in [1.29, 1.82) is 0 Å². The van der Waals surface area contributed by atoms with Gasteiger partial charge in [0.15, 0.2) is 0 Å². The lowest BCUT2D eigenvalue weighted by molar-refractivity contribution is 0.565. The fourth-order valence-electron chi connectivity index (χ4n) is 2.63. The van der Waals surface area contributed by atoms with Gasteiger partial charge in [0.2, 0.25) is 16.0 Å². The highest BCUT2D eigenvalue weighted by Gasteiger charge is 2.17. The molecule has 134 valence electrons. The number of aromatic nitrogens is 2. The summed E-state index contributed by atoms with van der Waals surface area (Å²) in [5.74, 6) is -0.0520. The van der Waals surface area contributed by atoms with Crippen LogP contribution in [0.15, 0.2) is 35.4 Å². The first-order chi connectivity index (χ1) is 12.0. The molecule has 1 saturated heterocycles. The molecule has 0 aliphatic carbocycles. The van der Waals surface area contributed by atoms with Crippen LogP contribution in [0.4, 0.5) is 10.3 Å². The van der Waals surface area contributed by atoms with Gasteiger partial charge in [0.25, 0.3) is 0 Å². The minimum Gasteiger partial charge on any atom is -0.341 e. The Bertz CT molecular complexity index is 857. The van der Waals surface area contributed by atoms with Gasteiger partial charge in [-0.1, -0.05) is 11.6 Å². The molecule has 1 aliphatic rings. The third-order valence-corrected chi connectivity index (χ3v) is 5.67. The number of hydrogen-bond acceptors (Lipinski definition) is 5. The van der Waals surface area contributed by atoms with E-state index < -0.39 is 15.8 Å². The summed E-state index contributed by atoms with van der Waals surface area (Å²) in [7, 11) is -3.81. The average Bonchev–Trinajstić information content (AvgIpc) is 2.63. The molecule has 0 saturated carbocycles. The topological polar surface area (TPSA) is 75.2 Å². The monoisotopic (exact) mass is 384 g/mol. The summed E-state index contributed by atoms with van der Waals surface area (Å²) >= 11 is 5.65. The zero-order valence-electron chi connectivity index (χ0n) is 13.5. The number of sulfonamides is 1. The Morgan fingerprint density at radius 2 is 1.96 bits per heavy atom. The Hall–Kier alpha value is -1.77. The van der Waals surface area contributed by atoms with Gasteiger partial charge < -0.3 is 4.90 Å². The second kappa shape index (κ2) is 7.63. The van der Waals surface area contributed by atoms with Gasteiger partial charge in [0, 0.05) is 19.3 Å². The zero-order chi connectivity index (χ0) is 17.9. The van der Waals surface area contributed by atoms with Crippen LogP contribution in [0.2, 0.25) is 5.02 Å². The van der Waals surface area contributed by atoms with Crippen molar-refractivity contribution in [2.75, 3.05) is 18.0 Å². The lowest BCUT2D eigenvalue weighted by Crippen LogP contribution is -2.31. The lowest BCUT2D eigenvalue weighted by atomic mass is 10.1. The van der Waals surface area contributed by atoms with Gasteiger partial charge in [-0.15, -0.1) is 0 Å². The van der Waals surface area contributed by atoms with Gasteiger partial charge in [-0.3, -0.25) is 0 Å². The molecule has 0 atom stereocenters. The fourth-order valence-corrected chi connectivity index (χ4v) is 3.90. The van der Waals surface area contributed by atoms with Crippen molar-refractivity contribution in [2.24, 2.45) is 0 Å². The Morgan fingerprint density at radius 1 is 1.20 bits per heavy atom. The molecule has 2 heterocycles. The molecule has 6 nitrogen and oxygen atoms in total. The average molecular weight is 385 g/mol. The van der Waals surface area contributed by atoms with Crippen LogP contribution in [0, 0.1) is 5.82 Å². The molecular formula is C16H18ClFN4O2S. The van der Waals surface area contributed by atoms with E-state index in [1.54, 1.807) is 12.3 Å². The van der Waals surface area contributed by atoms with Crippen molar-refractivity contribution in [3.8, 4) is 0 Å². The van der Waals surface area contributed by atoms with Gasteiger partial charge in [0.05, 0.1) is 22.2 Å². The Labute approximate surface area is 151 Å². The van der Waals surface area contributed by atoms with Gasteiger partial charge in [0.1, 0.15) is 5.82 Å². The van der Waals surface area contributed by atoms with E-state index in [1.807, 2.05) is 0 Å². The summed E-state index contributed by atoms with van der Waals surface area (Å²) in [5, 5.41) is -0.239. The summed E-state index contributed by atoms with van der Waals surface area (Å²) in [6, 6.07) is 4.94. The highest BCUT2D eigenvalue weighted by atomic mass is 35.5. The molecule has 1 aliphatic heterocycles. The Morgan fingerprint density at radius 3 is 2.68 bits per heavy atom. The highest BCUT2D eigenvalue weighted by Crippen LogP contribution is 2.20. The van der Waals surface area contributed by atoms with Crippen molar-refractivity contribution in [3.05, 3.63) is 47.0 Å². The number of piperidine rings is 1. The van der Waals surface area contributed by atoms with Gasteiger partial charge in [-0.05, 0) is 43.5 Å². The molecule has 9 heteroatoms. The zero-order valence-corrected chi connectivity index (χ0v) is 15.0. The third kappa shape index (κ3) is 4.45. The largest absolute Gasteiger partial charge is 0.341 e. The van der Waals surface area contributed by atoms with Crippen molar-refractivity contribution in [1.82, 2.24) is 14.7 Å². The molecule has 25 heavy (non-hydrogen) atoms. The SMILES string of the molecule is O=S(=O)(NCc1ccnc(N2CCCCC2)n1)c1ccc(F)c(Cl)c1. The first-order valence-corrected chi connectivity index (χ1v) is 9.83. The number of benzene rings is 1. The minimum atomic E-state index is -3.81. The highest BCUT2D eigenvalue weighted by molar-refractivity contribution is 7.89. The van der Waals surface area contributed by atoms with Crippen molar-refractivity contribution in [2.45, 2.75) is 30.7 Å². The standard InChI is InChI=1S/C16H18ClFN4O2S/c17-14-10-13(4-5-15(14)18)25(23,24)20-11-12-6-7-19-16(21-12)22-8-2-1-3-9-22/h4-7,10,20H,1-3,8-9,11H2. The summed E-state index contributed by atoms with van der Waals surface area (Å²) in [5.41, 5.74) is 0.562. The molecule has 2 aromatic rings. The van der Waals surface area contributed by atoms with E-state index in [0.717, 1.165) is 38.1 Å². The molecule has 1 fully saturated rings. The normalized spacial score (nSPS) is 15.4. The van der Waals surface area contributed by atoms with E-state index >= 15 is 0 Å². The smallest absolute Gasteiger partial charge is 0.240 e. The van der Waals surface area contributed by atoms with Gasteiger partial charge in [-0.2, -0.15) is 0 Å². The van der Waals surface area contributed by atoms with E-state index in [2.05, 4.69) is 19.6 Å². The maximum absolute atomic E-state index is 13.2. The molecule has 0 bridgehead atoms. The molecule has 0 unspecified atom stereocenters. The molecular weight excluding hydrogens is 367 g/mol. The number of nitrogens with zero attached hydrogens (tertiary/aromatic N) is 3. The third-order valence-electron chi connectivity index (χ3n) is 3.98. The van der Waals surface area contributed by atoms with E-state index in [9.17, 15) is 12.8 Å². The van der Waals surface area contributed by atoms with Crippen LogP contribution in [-0.4, -0.2) is 31.5 Å². The van der Waals surface area contributed by atoms with E-state index in [-0.39, 0.29) is 16.5 Å². The van der Waals surface area contributed by atoms with E-state index in [1.165, 1.54) is 12.5 Å². The van der Waals surface area contributed by atoms with Crippen LogP contribution in [0.1, 0.15) is 25.0 Å². The Balaban J connectivity index is 1.71. The second-order valence-electron chi connectivity index (χ2n) is 5.80. The van der Waals surface area contributed by atoms with Crippen LogP contribution < -0.4 is 9.62 Å². The minimum absolute atomic E-state index is 0.0146. The number of halogens is 2. The fraction of sp³-hybridized carbons (Fsp3) is 0.375. The molecule has 3 rings (SSSR count). The van der Waals surface area contributed by atoms with Crippen LogP contribution in [0.5, 0.6) is 0 Å². The van der Waals surface area contributed by atoms with Crippen LogP contribution >= 0.6 is 11.6 Å². The summed E-state index contributed by atoms with van der Waals surface area (Å²) < 4.78 is 40.3. The van der Waals surface area contributed by atoms with Crippen molar-refractivity contribution in [3.63, 3.8) is 0 Å². The predicted octanol–water partition coefficient (Wildman–Crippen LogP) is 2.74. The summed E-state index contributed by atoms with van der Waals surface area (Å²) in [4.78, 5) is 10.7. The van der Waals surface area contributed by atoms with Gasteiger partial charge in [-0.25, -0.2) is 27.5 Å². The number of rotatable bonds is 5. The molecule has 1 aromatic carbocycles. The maximum atomic E-state index is 13.2. The predicted molar refractivity (Wildman–Crippen MR) is 93.5 cm³/mol. The molecule has 0 radical (unpaired) electrons. The molecule has 0 amide bonds. The lowest BCUT2D eigenvalue weighted by Gasteiger charge is -2.26. The first-order valence-electron chi connectivity index (χ1n) is 7.97. The van der Waals surface area contributed by atoms with Crippen molar-refractivity contribution < 1.29 is 12.8 Å². The van der Waals surface area contributed by atoms with Gasteiger partial charge >= 0.3 is 0 Å². The maximum Gasteiger partial charge on any atom is 0.240 e. The summed E-state index contributed by atoms with van der Waals surface area (Å²) in [6.07, 6.45) is 5.03. The molecule has 1 N–H and O–H groups in total. The second-order valence-corrected chi connectivity index (χ2v) is 7.97.